The minimum atomic E-state index is -0.182. The van der Waals surface area contributed by atoms with Crippen molar-refractivity contribution in [1.29, 1.82) is 0 Å². The van der Waals surface area contributed by atoms with Gasteiger partial charge in [-0.05, 0) is 32.4 Å². The van der Waals surface area contributed by atoms with Crippen molar-refractivity contribution >= 4 is 0 Å². The first-order valence-corrected chi connectivity index (χ1v) is 7.23. The Morgan fingerprint density at radius 2 is 2.33 bits per heavy atom. The summed E-state index contributed by atoms with van der Waals surface area (Å²) in [6.07, 6.45) is 7.46. The molecular weight excluding hydrogens is 226 g/mol. The van der Waals surface area contributed by atoms with E-state index >= 15 is 0 Å². The molecule has 0 saturated carbocycles. The smallest absolute Gasteiger partial charge is 0.109 e. The fraction of sp³-hybridized carbons (Fsp3) is 0.786. The second-order valence-electron chi connectivity index (χ2n) is 5.62. The first-order valence-electron chi connectivity index (χ1n) is 7.23. The predicted molar refractivity (Wildman–Crippen MR) is 70.5 cm³/mol. The van der Waals surface area contributed by atoms with Crippen LogP contribution in [-0.2, 0) is 19.4 Å². The predicted octanol–water partition coefficient (Wildman–Crippen LogP) is 1.22. The second kappa shape index (κ2) is 5.02. The first-order chi connectivity index (χ1) is 8.76. The highest BCUT2D eigenvalue weighted by Crippen LogP contribution is 2.22. The Kier molecular flexibility index (Phi) is 3.39. The fourth-order valence-electron chi connectivity index (χ4n) is 3.37. The van der Waals surface area contributed by atoms with Crippen molar-refractivity contribution in [3.05, 3.63) is 17.7 Å². The molecule has 0 aliphatic carbocycles. The summed E-state index contributed by atoms with van der Waals surface area (Å²) in [4.78, 5) is 7.31. The van der Waals surface area contributed by atoms with Crippen LogP contribution < -0.4 is 0 Å². The van der Waals surface area contributed by atoms with Gasteiger partial charge in [-0.25, -0.2) is 4.98 Å². The monoisotopic (exact) mass is 249 g/mol. The quantitative estimate of drug-likeness (QED) is 0.875. The van der Waals surface area contributed by atoms with Crippen molar-refractivity contribution in [3.8, 4) is 0 Å². The van der Waals surface area contributed by atoms with Crippen molar-refractivity contribution in [1.82, 2.24) is 14.5 Å². The molecule has 2 aliphatic heterocycles. The van der Waals surface area contributed by atoms with E-state index in [-0.39, 0.29) is 6.10 Å². The number of fused-ring (bicyclic) bond motifs is 1. The summed E-state index contributed by atoms with van der Waals surface area (Å²) in [7, 11) is 0. The molecule has 18 heavy (non-hydrogen) atoms. The first kappa shape index (κ1) is 12.2. The highest BCUT2D eigenvalue weighted by atomic mass is 16.3. The van der Waals surface area contributed by atoms with Crippen molar-refractivity contribution in [2.45, 2.75) is 57.7 Å². The molecule has 1 N–H and O–H groups in total. The molecule has 0 aromatic carbocycles. The molecule has 3 rings (SSSR count). The maximum Gasteiger partial charge on any atom is 0.109 e. The van der Waals surface area contributed by atoms with E-state index in [2.05, 4.69) is 22.6 Å². The zero-order valence-corrected chi connectivity index (χ0v) is 11.2. The van der Waals surface area contributed by atoms with Crippen LogP contribution >= 0.6 is 0 Å². The number of hydrogen-bond acceptors (Lipinski definition) is 3. The third-order valence-electron chi connectivity index (χ3n) is 4.37. The number of aromatic nitrogens is 2. The van der Waals surface area contributed by atoms with Crippen LogP contribution in [0.5, 0.6) is 0 Å². The van der Waals surface area contributed by atoms with Gasteiger partial charge >= 0.3 is 0 Å². The molecule has 1 fully saturated rings. The number of aliphatic hydroxyl groups excluding tert-OH is 1. The summed E-state index contributed by atoms with van der Waals surface area (Å²) in [6, 6.07) is 0.678. The van der Waals surface area contributed by atoms with Crippen LogP contribution in [0.15, 0.2) is 6.20 Å². The molecule has 1 aromatic rings. The Morgan fingerprint density at radius 3 is 3.17 bits per heavy atom. The van der Waals surface area contributed by atoms with Gasteiger partial charge in [0.05, 0.1) is 11.8 Å². The van der Waals surface area contributed by atoms with E-state index in [0.717, 1.165) is 38.2 Å². The van der Waals surface area contributed by atoms with Gasteiger partial charge in [-0.15, -0.1) is 0 Å². The Balaban J connectivity index is 1.70. The number of imidazole rings is 1. The summed E-state index contributed by atoms with van der Waals surface area (Å²) in [5.74, 6) is 1.16. The molecule has 0 bridgehead atoms. The van der Waals surface area contributed by atoms with Crippen LogP contribution in [0.3, 0.4) is 0 Å². The van der Waals surface area contributed by atoms with Gasteiger partial charge in [0.1, 0.15) is 5.82 Å². The van der Waals surface area contributed by atoms with Crippen LogP contribution in [-0.4, -0.2) is 44.8 Å². The lowest BCUT2D eigenvalue weighted by Crippen LogP contribution is -2.30. The van der Waals surface area contributed by atoms with Crippen LogP contribution in [0.2, 0.25) is 0 Å². The maximum absolute atomic E-state index is 9.67. The van der Waals surface area contributed by atoms with Gasteiger partial charge in [0.15, 0.2) is 0 Å². The third-order valence-corrected chi connectivity index (χ3v) is 4.37. The minimum absolute atomic E-state index is 0.182. The fourth-order valence-corrected chi connectivity index (χ4v) is 3.37. The molecule has 2 unspecified atom stereocenters. The Labute approximate surface area is 109 Å². The van der Waals surface area contributed by atoms with Crippen LogP contribution in [0.4, 0.5) is 0 Å². The van der Waals surface area contributed by atoms with Gasteiger partial charge in [-0.3, -0.25) is 0 Å². The van der Waals surface area contributed by atoms with Gasteiger partial charge in [-0.1, -0.05) is 6.92 Å². The lowest BCUT2D eigenvalue weighted by molar-refractivity contribution is 0.130. The number of rotatable bonds is 3. The Bertz CT molecular complexity index is 415. The zero-order valence-electron chi connectivity index (χ0n) is 11.2. The largest absolute Gasteiger partial charge is 0.391 e. The SMILES string of the molecule is CCN1CCCC1Cc1cn2c(n1)CCC(O)C2. The van der Waals surface area contributed by atoms with Crippen molar-refractivity contribution in [2.24, 2.45) is 0 Å². The van der Waals surface area contributed by atoms with E-state index in [0.29, 0.717) is 6.04 Å². The van der Waals surface area contributed by atoms with E-state index in [9.17, 15) is 5.11 Å². The summed E-state index contributed by atoms with van der Waals surface area (Å²) in [5.41, 5.74) is 1.21. The normalized spacial score (nSPS) is 28.6. The molecular formula is C14H23N3O. The summed E-state index contributed by atoms with van der Waals surface area (Å²) < 4.78 is 2.15. The van der Waals surface area contributed by atoms with E-state index in [1.54, 1.807) is 0 Å². The average Bonchev–Trinajstić information content (AvgIpc) is 2.94. The zero-order chi connectivity index (χ0) is 12.5. The standard InChI is InChI=1S/C14H23N3O/c1-2-16-7-3-4-12(16)8-11-9-17-10-13(18)5-6-14(17)15-11/h9,12-13,18H,2-8,10H2,1H3. The summed E-state index contributed by atoms with van der Waals surface area (Å²) in [5, 5.41) is 9.67. The third kappa shape index (κ3) is 2.31. The lowest BCUT2D eigenvalue weighted by Gasteiger charge is -2.21. The van der Waals surface area contributed by atoms with E-state index in [1.165, 1.54) is 25.1 Å². The molecule has 3 heterocycles. The number of likely N-dealkylation sites (N-methyl/N-ethyl adjacent to an activating group) is 1. The van der Waals surface area contributed by atoms with Gasteiger partial charge in [-0.2, -0.15) is 0 Å². The molecule has 4 heteroatoms. The average molecular weight is 249 g/mol. The van der Waals surface area contributed by atoms with Gasteiger partial charge in [0.25, 0.3) is 0 Å². The summed E-state index contributed by atoms with van der Waals surface area (Å²) in [6.45, 7) is 5.36. The Morgan fingerprint density at radius 1 is 1.44 bits per heavy atom. The molecule has 0 radical (unpaired) electrons. The van der Waals surface area contributed by atoms with Crippen molar-refractivity contribution < 1.29 is 5.11 Å². The van der Waals surface area contributed by atoms with Crippen LogP contribution in [0.1, 0.15) is 37.7 Å². The van der Waals surface area contributed by atoms with Crippen LogP contribution in [0, 0.1) is 0 Å². The molecule has 1 aromatic heterocycles. The minimum Gasteiger partial charge on any atom is -0.391 e. The molecule has 2 aliphatic rings. The molecule has 100 valence electrons. The molecule has 2 atom stereocenters. The molecule has 0 amide bonds. The van der Waals surface area contributed by atoms with Gasteiger partial charge < -0.3 is 14.6 Å². The highest BCUT2D eigenvalue weighted by Gasteiger charge is 2.25. The number of aliphatic hydroxyl groups is 1. The Hall–Kier alpha value is -0.870. The van der Waals surface area contributed by atoms with E-state index in [4.69, 9.17) is 4.98 Å². The number of aryl methyl sites for hydroxylation is 1. The maximum atomic E-state index is 9.67. The van der Waals surface area contributed by atoms with Gasteiger partial charge in [0, 0.05) is 31.6 Å². The number of likely N-dealkylation sites (tertiary alicyclic amines) is 1. The molecule has 4 nitrogen and oxygen atoms in total. The second-order valence-corrected chi connectivity index (χ2v) is 5.62. The summed E-state index contributed by atoms with van der Waals surface area (Å²) >= 11 is 0. The molecule has 1 saturated heterocycles. The van der Waals surface area contributed by atoms with Crippen molar-refractivity contribution in [2.75, 3.05) is 13.1 Å². The van der Waals surface area contributed by atoms with Crippen LogP contribution in [0.25, 0.3) is 0 Å². The number of hydrogen-bond donors (Lipinski definition) is 1. The number of nitrogens with zero attached hydrogens (tertiary/aromatic N) is 3. The van der Waals surface area contributed by atoms with Crippen molar-refractivity contribution in [3.63, 3.8) is 0 Å². The highest BCUT2D eigenvalue weighted by molar-refractivity contribution is 5.09. The van der Waals surface area contributed by atoms with E-state index in [1.807, 2.05) is 0 Å². The molecule has 0 spiro atoms. The topological polar surface area (TPSA) is 41.3 Å². The van der Waals surface area contributed by atoms with E-state index < -0.39 is 0 Å². The van der Waals surface area contributed by atoms with Gasteiger partial charge in [0.2, 0.25) is 0 Å². The lowest BCUT2D eigenvalue weighted by atomic mass is 10.1.